The first-order valence-electron chi connectivity index (χ1n) is 5.87. The Bertz CT molecular complexity index is 480. The molecule has 18 heavy (non-hydrogen) atoms. The second-order valence-corrected chi connectivity index (χ2v) is 4.31. The average Bonchev–Trinajstić information content (AvgIpc) is 2.63. The summed E-state index contributed by atoms with van der Waals surface area (Å²) in [4.78, 5) is 0. The zero-order valence-electron chi connectivity index (χ0n) is 11.1. The van der Waals surface area contributed by atoms with Gasteiger partial charge in [-0.25, -0.2) is 0 Å². The van der Waals surface area contributed by atoms with Crippen molar-refractivity contribution in [2.45, 2.75) is 27.1 Å². The van der Waals surface area contributed by atoms with Crippen LogP contribution in [0.15, 0.2) is 46.1 Å². The smallest absolute Gasteiger partial charge is 0.271 e. The lowest BCUT2D eigenvalue weighted by Crippen LogP contribution is -2.19. The van der Waals surface area contributed by atoms with Crippen LogP contribution in [0.1, 0.15) is 20.8 Å². The van der Waals surface area contributed by atoms with E-state index >= 15 is 0 Å². The molecule has 1 unspecified atom stereocenters. The van der Waals surface area contributed by atoms with E-state index in [0.29, 0.717) is 5.76 Å². The summed E-state index contributed by atoms with van der Waals surface area (Å²) in [5, 5.41) is 9.02. The third kappa shape index (κ3) is 2.04. The molecule has 0 aromatic rings. The van der Waals surface area contributed by atoms with Gasteiger partial charge in [-0.05, 0) is 38.0 Å². The molecule has 0 saturated carbocycles. The molecule has 98 valence electrons. The maximum Gasteiger partial charge on any atom is 0.271 e. The minimum atomic E-state index is -0.443. The van der Waals surface area contributed by atoms with Crippen molar-refractivity contribution in [3.8, 4) is 0 Å². The standard InChI is InChI=1S/C14H18O4/c1-8(5-6-15)11-7-9(2)17-14-12(11)13(16-4)10(3)18-14/h5,7,14-15H,6H2,1-4H3. The molecule has 0 fully saturated rings. The fourth-order valence-corrected chi connectivity index (χ4v) is 2.21. The number of rotatable bonds is 3. The van der Waals surface area contributed by atoms with Crippen LogP contribution in [-0.4, -0.2) is 25.1 Å². The van der Waals surface area contributed by atoms with E-state index in [-0.39, 0.29) is 6.61 Å². The first-order valence-corrected chi connectivity index (χ1v) is 5.87. The van der Waals surface area contributed by atoms with Crippen molar-refractivity contribution in [1.82, 2.24) is 0 Å². The predicted molar refractivity (Wildman–Crippen MR) is 67.3 cm³/mol. The number of hydrogen-bond acceptors (Lipinski definition) is 4. The van der Waals surface area contributed by atoms with Crippen molar-refractivity contribution in [3.63, 3.8) is 0 Å². The Labute approximate surface area is 107 Å². The lowest BCUT2D eigenvalue weighted by atomic mass is 9.97. The molecule has 2 aliphatic rings. The van der Waals surface area contributed by atoms with Crippen LogP contribution in [0, 0.1) is 0 Å². The summed E-state index contributed by atoms with van der Waals surface area (Å²) in [7, 11) is 1.62. The maximum absolute atomic E-state index is 9.02. The summed E-state index contributed by atoms with van der Waals surface area (Å²) in [6, 6.07) is 0. The molecule has 4 nitrogen and oxygen atoms in total. The van der Waals surface area contributed by atoms with Crippen LogP contribution in [0.25, 0.3) is 0 Å². The Balaban J connectivity index is 2.56. The van der Waals surface area contributed by atoms with Crippen molar-refractivity contribution in [3.05, 3.63) is 46.1 Å². The highest BCUT2D eigenvalue weighted by Crippen LogP contribution is 2.40. The summed E-state index contributed by atoms with van der Waals surface area (Å²) in [5.74, 6) is 2.22. The van der Waals surface area contributed by atoms with Crippen LogP contribution in [0.3, 0.4) is 0 Å². The van der Waals surface area contributed by atoms with E-state index in [0.717, 1.165) is 28.2 Å². The molecule has 0 bridgehead atoms. The number of ether oxygens (including phenoxy) is 3. The first kappa shape index (κ1) is 12.8. The Hall–Kier alpha value is -1.68. The lowest BCUT2D eigenvalue weighted by Gasteiger charge is -2.23. The molecular weight excluding hydrogens is 232 g/mol. The topological polar surface area (TPSA) is 47.9 Å². The van der Waals surface area contributed by atoms with Gasteiger partial charge in [0.2, 0.25) is 0 Å². The van der Waals surface area contributed by atoms with Crippen LogP contribution in [0.2, 0.25) is 0 Å². The summed E-state index contributed by atoms with van der Waals surface area (Å²) in [6.07, 6.45) is 3.26. The SMILES string of the molecule is COC1=C(C)OC2OC(C)=CC(C(C)=CCO)=C12. The quantitative estimate of drug-likeness (QED) is 0.835. The zero-order chi connectivity index (χ0) is 13.3. The van der Waals surface area contributed by atoms with Gasteiger partial charge >= 0.3 is 0 Å². The number of hydrogen-bond donors (Lipinski definition) is 1. The van der Waals surface area contributed by atoms with Crippen LogP contribution >= 0.6 is 0 Å². The fourth-order valence-electron chi connectivity index (χ4n) is 2.21. The highest BCUT2D eigenvalue weighted by molar-refractivity contribution is 5.53. The molecule has 0 radical (unpaired) electrons. The average molecular weight is 250 g/mol. The number of fused-ring (bicyclic) bond motifs is 1. The molecule has 2 heterocycles. The summed E-state index contributed by atoms with van der Waals surface area (Å²) >= 11 is 0. The molecule has 2 aliphatic heterocycles. The predicted octanol–water partition coefficient (Wildman–Crippen LogP) is 2.39. The monoisotopic (exact) mass is 250 g/mol. The highest BCUT2D eigenvalue weighted by Gasteiger charge is 2.36. The molecule has 0 aromatic heterocycles. The van der Waals surface area contributed by atoms with Gasteiger partial charge in [0.15, 0.2) is 5.76 Å². The van der Waals surface area contributed by atoms with Gasteiger partial charge < -0.3 is 19.3 Å². The Morgan fingerprint density at radius 3 is 2.78 bits per heavy atom. The van der Waals surface area contributed by atoms with Crippen molar-refractivity contribution in [1.29, 1.82) is 0 Å². The molecule has 0 aliphatic carbocycles. The van der Waals surface area contributed by atoms with Gasteiger partial charge in [0.1, 0.15) is 5.76 Å². The molecule has 2 rings (SSSR count). The maximum atomic E-state index is 9.02. The van der Waals surface area contributed by atoms with Crippen LogP contribution in [-0.2, 0) is 14.2 Å². The normalized spacial score (nSPS) is 23.5. The van der Waals surface area contributed by atoms with Crippen LogP contribution < -0.4 is 0 Å². The van der Waals surface area contributed by atoms with Gasteiger partial charge in [-0.2, -0.15) is 0 Å². The van der Waals surface area contributed by atoms with E-state index in [4.69, 9.17) is 19.3 Å². The van der Waals surface area contributed by atoms with Gasteiger partial charge in [-0.3, -0.25) is 0 Å². The van der Waals surface area contributed by atoms with Gasteiger partial charge in [-0.15, -0.1) is 0 Å². The number of allylic oxidation sites excluding steroid dienone is 5. The molecule has 4 heteroatoms. The van der Waals surface area contributed by atoms with Crippen LogP contribution in [0.5, 0.6) is 0 Å². The van der Waals surface area contributed by atoms with Crippen molar-refractivity contribution < 1.29 is 19.3 Å². The number of aliphatic hydroxyl groups is 1. The summed E-state index contributed by atoms with van der Waals surface area (Å²) < 4.78 is 16.7. The van der Waals surface area contributed by atoms with Gasteiger partial charge in [-0.1, -0.05) is 6.08 Å². The summed E-state index contributed by atoms with van der Waals surface area (Å²) in [6.45, 7) is 5.69. The highest BCUT2D eigenvalue weighted by atomic mass is 16.7. The molecule has 0 spiro atoms. The largest absolute Gasteiger partial charge is 0.493 e. The van der Waals surface area contributed by atoms with Crippen molar-refractivity contribution in [2.75, 3.05) is 13.7 Å². The molecule has 1 N–H and O–H groups in total. The van der Waals surface area contributed by atoms with Crippen molar-refractivity contribution >= 4 is 0 Å². The van der Waals surface area contributed by atoms with Gasteiger partial charge in [0.25, 0.3) is 6.29 Å². The minimum Gasteiger partial charge on any atom is -0.493 e. The Morgan fingerprint density at radius 2 is 2.17 bits per heavy atom. The third-order valence-corrected chi connectivity index (χ3v) is 3.04. The van der Waals surface area contributed by atoms with Gasteiger partial charge in [0.05, 0.1) is 25.0 Å². The second-order valence-electron chi connectivity index (χ2n) is 4.31. The van der Waals surface area contributed by atoms with E-state index in [9.17, 15) is 0 Å². The molecule has 1 atom stereocenters. The zero-order valence-corrected chi connectivity index (χ0v) is 11.1. The number of methoxy groups -OCH3 is 1. The Morgan fingerprint density at radius 1 is 1.44 bits per heavy atom. The third-order valence-electron chi connectivity index (χ3n) is 3.04. The first-order chi connectivity index (χ1) is 8.58. The van der Waals surface area contributed by atoms with E-state index in [1.54, 1.807) is 13.2 Å². The van der Waals surface area contributed by atoms with Gasteiger partial charge in [0, 0.05) is 0 Å². The lowest BCUT2D eigenvalue weighted by molar-refractivity contribution is -0.0467. The fraction of sp³-hybridized carbons (Fsp3) is 0.429. The van der Waals surface area contributed by atoms with E-state index < -0.39 is 6.29 Å². The molecular formula is C14H18O4. The van der Waals surface area contributed by atoms with E-state index in [2.05, 4.69) is 0 Å². The summed E-state index contributed by atoms with van der Waals surface area (Å²) in [5.41, 5.74) is 2.86. The molecule has 0 saturated heterocycles. The van der Waals surface area contributed by atoms with Crippen molar-refractivity contribution in [2.24, 2.45) is 0 Å². The molecule has 0 aromatic carbocycles. The number of aliphatic hydroxyl groups excluding tert-OH is 1. The van der Waals surface area contributed by atoms with E-state index in [1.807, 2.05) is 26.8 Å². The Kier molecular flexibility index (Phi) is 3.48. The minimum absolute atomic E-state index is 0.00684. The second kappa shape index (κ2) is 4.90. The van der Waals surface area contributed by atoms with E-state index in [1.165, 1.54) is 0 Å². The van der Waals surface area contributed by atoms with Crippen LogP contribution in [0.4, 0.5) is 0 Å². The molecule has 0 amide bonds.